The number of rotatable bonds is 3. The van der Waals surface area contributed by atoms with Gasteiger partial charge in [0.15, 0.2) is 0 Å². The van der Waals surface area contributed by atoms with Crippen molar-refractivity contribution in [1.82, 2.24) is 5.32 Å². The van der Waals surface area contributed by atoms with Crippen molar-refractivity contribution in [1.29, 1.82) is 0 Å². The van der Waals surface area contributed by atoms with Gasteiger partial charge in [0.25, 0.3) is 0 Å². The minimum Gasteiger partial charge on any atom is -0.496 e. The van der Waals surface area contributed by atoms with Crippen molar-refractivity contribution in [2.24, 2.45) is 0 Å². The summed E-state index contributed by atoms with van der Waals surface area (Å²) in [5.41, 5.74) is 4.11. The van der Waals surface area contributed by atoms with Crippen molar-refractivity contribution < 1.29 is 4.74 Å². The smallest absolute Gasteiger partial charge is 0.126 e. The van der Waals surface area contributed by atoms with E-state index >= 15 is 0 Å². The Morgan fingerprint density at radius 1 is 1.35 bits per heavy atom. The molecule has 0 radical (unpaired) electrons. The number of benzene rings is 1. The number of methoxy groups -OCH3 is 1. The highest BCUT2D eigenvalue weighted by Crippen LogP contribution is 2.38. The first-order chi connectivity index (χ1) is 8.15. The predicted molar refractivity (Wildman–Crippen MR) is 72.0 cm³/mol. The van der Waals surface area contributed by atoms with Gasteiger partial charge in [-0.3, -0.25) is 0 Å². The summed E-state index contributed by atoms with van der Waals surface area (Å²) in [7, 11) is 1.80. The van der Waals surface area contributed by atoms with Gasteiger partial charge in [-0.05, 0) is 36.9 Å². The molecule has 2 rings (SSSR count). The van der Waals surface area contributed by atoms with Gasteiger partial charge in [0.1, 0.15) is 5.75 Å². The van der Waals surface area contributed by atoms with Crippen LogP contribution in [0.2, 0.25) is 0 Å². The third-order valence-electron chi connectivity index (χ3n) is 3.74. The SMILES string of the molecule is COc1c(C(C)C)ccc(C)c1C1CCNC1. The van der Waals surface area contributed by atoms with Gasteiger partial charge >= 0.3 is 0 Å². The van der Waals surface area contributed by atoms with E-state index < -0.39 is 0 Å². The van der Waals surface area contributed by atoms with Gasteiger partial charge in [-0.15, -0.1) is 0 Å². The van der Waals surface area contributed by atoms with E-state index in [2.05, 4.69) is 38.2 Å². The standard InChI is InChI=1S/C15H23NO/c1-10(2)13-6-5-11(3)14(15(13)17-4)12-7-8-16-9-12/h5-6,10,12,16H,7-9H2,1-4H3. The molecule has 0 spiro atoms. The van der Waals surface area contributed by atoms with Gasteiger partial charge in [0.05, 0.1) is 7.11 Å². The maximum absolute atomic E-state index is 5.70. The Labute approximate surface area is 104 Å². The lowest BCUT2D eigenvalue weighted by Crippen LogP contribution is -2.11. The van der Waals surface area contributed by atoms with Gasteiger partial charge in [0.2, 0.25) is 0 Å². The summed E-state index contributed by atoms with van der Waals surface area (Å²) < 4.78 is 5.70. The summed E-state index contributed by atoms with van der Waals surface area (Å²) in [5.74, 6) is 2.25. The van der Waals surface area contributed by atoms with Gasteiger partial charge < -0.3 is 10.1 Å². The van der Waals surface area contributed by atoms with E-state index in [1.54, 1.807) is 7.11 Å². The van der Waals surface area contributed by atoms with Gasteiger partial charge in [-0.2, -0.15) is 0 Å². The van der Waals surface area contributed by atoms with Gasteiger partial charge in [-0.1, -0.05) is 26.0 Å². The molecule has 1 unspecified atom stereocenters. The monoisotopic (exact) mass is 233 g/mol. The topological polar surface area (TPSA) is 21.3 Å². The van der Waals surface area contributed by atoms with Crippen LogP contribution >= 0.6 is 0 Å². The molecule has 0 aromatic heterocycles. The average molecular weight is 233 g/mol. The van der Waals surface area contributed by atoms with Crippen LogP contribution in [0.5, 0.6) is 5.75 Å². The fourth-order valence-corrected chi connectivity index (χ4v) is 2.81. The van der Waals surface area contributed by atoms with Crippen LogP contribution in [0.25, 0.3) is 0 Å². The fraction of sp³-hybridized carbons (Fsp3) is 0.600. The maximum atomic E-state index is 5.70. The molecule has 1 atom stereocenters. The van der Waals surface area contributed by atoms with E-state index in [4.69, 9.17) is 4.74 Å². The molecule has 1 aliphatic heterocycles. The summed E-state index contributed by atoms with van der Waals surface area (Å²) >= 11 is 0. The lowest BCUT2D eigenvalue weighted by Gasteiger charge is -2.21. The van der Waals surface area contributed by atoms with Crippen molar-refractivity contribution in [3.63, 3.8) is 0 Å². The van der Waals surface area contributed by atoms with Crippen LogP contribution in [0.4, 0.5) is 0 Å². The molecule has 94 valence electrons. The van der Waals surface area contributed by atoms with Crippen LogP contribution in [-0.4, -0.2) is 20.2 Å². The lowest BCUT2D eigenvalue weighted by atomic mass is 9.88. The van der Waals surface area contributed by atoms with Crippen LogP contribution in [0.3, 0.4) is 0 Å². The third-order valence-corrected chi connectivity index (χ3v) is 3.74. The normalized spacial score (nSPS) is 19.9. The highest BCUT2D eigenvalue weighted by Gasteiger charge is 2.24. The van der Waals surface area contributed by atoms with Crippen LogP contribution in [0, 0.1) is 6.92 Å². The highest BCUT2D eigenvalue weighted by molar-refractivity contribution is 5.49. The molecule has 1 fully saturated rings. The molecular formula is C15H23NO. The molecule has 17 heavy (non-hydrogen) atoms. The summed E-state index contributed by atoms with van der Waals surface area (Å²) in [6, 6.07) is 4.45. The van der Waals surface area contributed by atoms with Gasteiger partial charge in [0, 0.05) is 18.0 Å². The van der Waals surface area contributed by atoms with Crippen molar-refractivity contribution in [3.8, 4) is 5.75 Å². The molecular weight excluding hydrogens is 210 g/mol. The molecule has 2 nitrogen and oxygen atoms in total. The predicted octanol–water partition coefficient (Wildman–Crippen LogP) is 3.20. The summed E-state index contributed by atoms with van der Waals surface area (Å²) in [5, 5.41) is 3.44. The van der Waals surface area contributed by atoms with E-state index in [0.717, 1.165) is 18.8 Å². The summed E-state index contributed by atoms with van der Waals surface area (Å²) in [4.78, 5) is 0. The molecule has 2 heteroatoms. The Morgan fingerprint density at radius 3 is 2.65 bits per heavy atom. The Hall–Kier alpha value is -1.02. The first kappa shape index (κ1) is 12.4. The average Bonchev–Trinajstić information content (AvgIpc) is 2.81. The summed E-state index contributed by atoms with van der Waals surface area (Å²) in [6.07, 6.45) is 1.22. The Morgan fingerprint density at radius 2 is 2.12 bits per heavy atom. The molecule has 1 aromatic carbocycles. The molecule has 1 aliphatic rings. The van der Waals surface area contributed by atoms with Crippen molar-refractivity contribution in [2.45, 2.75) is 39.0 Å². The number of aryl methyl sites for hydroxylation is 1. The van der Waals surface area contributed by atoms with E-state index in [0.29, 0.717) is 11.8 Å². The molecule has 0 bridgehead atoms. The van der Waals surface area contributed by atoms with E-state index in [1.165, 1.54) is 23.1 Å². The second kappa shape index (κ2) is 5.09. The number of hydrogen-bond donors (Lipinski definition) is 1. The molecule has 1 saturated heterocycles. The quantitative estimate of drug-likeness (QED) is 0.865. The lowest BCUT2D eigenvalue weighted by molar-refractivity contribution is 0.398. The fourth-order valence-electron chi connectivity index (χ4n) is 2.81. The first-order valence-corrected chi connectivity index (χ1v) is 6.53. The van der Waals surface area contributed by atoms with Crippen LogP contribution in [-0.2, 0) is 0 Å². The zero-order valence-electron chi connectivity index (χ0n) is 11.3. The minimum absolute atomic E-state index is 0.513. The molecule has 1 N–H and O–H groups in total. The molecule has 0 aliphatic carbocycles. The zero-order chi connectivity index (χ0) is 12.4. The first-order valence-electron chi connectivity index (χ1n) is 6.53. The maximum Gasteiger partial charge on any atom is 0.126 e. The van der Waals surface area contributed by atoms with Crippen LogP contribution in [0.15, 0.2) is 12.1 Å². The molecule has 1 aromatic rings. The second-order valence-corrected chi connectivity index (χ2v) is 5.26. The summed E-state index contributed by atoms with van der Waals surface area (Å²) in [6.45, 7) is 8.85. The Kier molecular flexibility index (Phi) is 3.72. The van der Waals surface area contributed by atoms with Crippen molar-refractivity contribution >= 4 is 0 Å². The zero-order valence-corrected chi connectivity index (χ0v) is 11.3. The highest BCUT2D eigenvalue weighted by atomic mass is 16.5. The Bertz CT molecular complexity index is 392. The molecule has 1 heterocycles. The number of ether oxygens (including phenoxy) is 1. The van der Waals surface area contributed by atoms with Gasteiger partial charge in [-0.25, -0.2) is 0 Å². The second-order valence-electron chi connectivity index (χ2n) is 5.26. The minimum atomic E-state index is 0.513. The molecule has 0 amide bonds. The van der Waals surface area contributed by atoms with Crippen molar-refractivity contribution in [3.05, 3.63) is 28.8 Å². The van der Waals surface area contributed by atoms with E-state index in [-0.39, 0.29) is 0 Å². The van der Waals surface area contributed by atoms with E-state index in [9.17, 15) is 0 Å². The van der Waals surface area contributed by atoms with E-state index in [1.807, 2.05) is 0 Å². The Balaban J connectivity index is 2.50. The number of hydrogen-bond acceptors (Lipinski definition) is 2. The molecule has 0 saturated carbocycles. The third kappa shape index (κ3) is 2.32. The van der Waals surface area contributed by atoms with Crippen LogP contribution < -0.4 is 10.1 Å². The number of nitrogens with one attached hydrogen (secondary N) is 1. The van der Waals surface area contributed by atoms with Crippen molar-refractivity contribution in [2.75, 3.05) is 20.2 Å². The largest absolute Gasteiger partial charge is 0.496 e. The van der Waals surface area contributed by atoms with Crippen LogP contribution in [0.1, 0.15) is 48.8 Å².